The van der Waals surface area contributed by atoms with Crippen molar-refractivity contribution in [1.82, 2.24) is 9.47 Å². The Hall–Kier alpha value is -2.58. The molecular formula is C20H20N2O4S2. The molecule has 0 spiro atoms. The van der Waals surface area contributed by atoms with Crippen LogP contribution in [0.1, 0.15) is 25.5 Å². The van der Waals surface area contributed by atoms with Gasteiger partial charge in [-0.1, -0.05) is 44.3 Å². The van der Waals surface area contributed by atoms with Crippen molar-refractivity contribution in [2.45, 2.75) is 24.7 Å². The Bertz CT molecular complexity index is 1160. The first-order valence-corrected chi connectivity index (χ1v) is 9.85. The van der Waals surface area contributed by atoms with E-state index in [0.717, 1.165) is 11.8 Å². The van der Waals surface area contributed by atoms with Crippen LogP contribution in [0.25, 0.3) is 16.7 Å². The third-order valence-electron chi connectivity index (χ3n) is 4.20. The fourth-order valence-electron chi connectivity index (χ4n) is 2.80. The normalized spacial score (nSPS) is 11.2. The number of thioether (sulfide) groups is 1. The highest BCUT2D eigenvalue weighted by Gasteiger charge is 2.23. The first-order chi connectivity index (χ1) is 13.2. The SMILES string of the molecule is CC(C)c1cc2oc(=O)c(SC(=S)N(C)C)c(O)c2c(=O)n1-c1ccccc1. The molecule has 0 aliphatic rings. The number of pyridine rings is 1. The van der Waals surface area contributed by atoms with Crippen molar-refractivity contribution < 1.29 is 9.52 Å². The Kier molecular flexibility index (Phi) is 5.62. The van der Waals surface area contributed by atoms with Gasteiger partial charge in [0.2, 0.25) is 0 Å². The number of hydrogen-bond acceptors (Lipinski definition) is 6. The lowest BCUT2D eigenvalue weighted by Crippen LogP contribution is -2.24. The Morgan fingerprint density at radius 3 is 2.43 bits per heavy atom. The molecule has 2 aromatic heterocycles. The first kappa shape index (κ1) is 20.2. The summed E-state index contributed by atoms with van der Waals surface area (Å²) in [5.41, 5.74) is 0.220. The maximum absolute atomic E-state index is 13.3. The third kappa shape index (κ3) is 3.57. The number of fused-ring (bicyclic) bond motifs is 1. The lowest BCUT2D eigenvalue weighted by atomic mass is 10.1. The van der Waals surface area contributed by atoms with Gasteiger partial charge in [-0.2, -0.15) is 0 Å². The minimum Gasteiger partial charge on any atom is -0.505 e. The van der Waals surface area contributed by atoms with E-state index in [9.17, 15) is 14.7 Å². The molecule has 6 nitrogen and oxygen atoms in total. The van der Waals surface area contributed by atoms with Crippen molar-refractivity contribution in [3.63, 3.8) is 0 Å². The summed E-state index contributed by atoms with van der Waals surface area (Å²) in [5.74, 6) is -0.425. The van der Waals surface area contributed by atoms with Crippen LogP contribution in [0.2, 0.25) is 0 Å². The maximum atomic E-state index is 13.3. The van der Waals surface area contributed by atoms with Crippen molar-refractivity contribution in [3.05, 3.63) is 62.9 Å². The van der Waals surface area contributed by atoms with E-state index < -0.39 is 16.9 Å². The van der Waals surface area contributed by atoms with Crippen LogP contribution in [0.4, 0.5) is 0 Å². The summed E-state index contributed by atoms with van der Waals surface area (Å²) >= 11 is 6.10. The number of aromatic hydroxyl groups is 1. The average Bonchev–Trinajstić information content (AvgIpc) is 2.64. The van der Waals surface area contributed by atoms with Crippen LogP contribution in [-0.2, 0) is 0 Å². The standard InChI is InChI=1S/C20H20N2O4S2/c1-11(2)13-10-14-15(18(24)22(13)12-8-6-5-7-9-12)16(23)17(19(25)26-14)28-20(27)21(3)4/h5-11,23H,1-4H3. The van der Waals surface area contributed by atoms with Crippen molar-refractivity contribution in [2.24, 2.45) is 0 Å². The van der Waals surface area contributed by atoms with Gasteiger partial charge < -0.3 is 14.4 Å². The molecule has 0 atom stereocenters. The van der Waals surface area contributed by atoms with E-state index in [1.807, 2.05) is 44.2 Å². The van der Waals surface area contributed by atoms with E-state index in [2.05, 4.69) is 0 Å². The Morgan fingerprint density at radius 2 is 1.86 bits per heavy atom. The number of hydrogen-bond donors (Lipinski definition) is 1. The zero-order chi connectivity index (χ0) is 20.6. The molecule has 0 aliphatic carbocycles. The summed E-state index contributed by atoms with van der Waals surface area (Å²) in [4.78, 5) is 27.3. The van der Waals surface area contributed by atoms with E-state index in [0.29, 0.717) is 15.7 Å². The highest BCUT2D eigenvalue weighted by atomic mass is 32.2. The molecule has 0 unspecified atom stereocenters. The molecule has 3 aromatic rings. The van der Waals surface area contributed by atoms with Crippen LogP contribution in [0.5, 0.6) is 5.75 Å². The Balaban J connectivity index is 2.38. The lowest BCUT2D eigenvalue weighted by Gasteiger charge is -2.18. The first-order valence-electron chi connectivity index (χ1n) is 8.62. The molecule has 28 heavy (non-hydrogen) atoms. The van der Waals surface area contributed by atoms with Crippen LogP contribution in [0.15, 0.2) is 55.3 Å². The minimum absolute atomic E-state index is 0.0138. The van der Waals surface area contributed by atoms with Gasteiger partial charge in [-0.25, -0.2) is 4.79 Å². The fraction of sp³-hybridized carbons (Fsp3) is 0.250. The van der Waals surface area contributed by atoms with Gasteiger partial charge in [0.1, 0.15) is 20.2 Å². The highest BCUT2D eigenvalue weighted by Crippen LogP contribution is 2.33. The summed E-state index contributed by atoms with van der Waals surface area (Å²) in [5, 5.41) is 10.7. The summed E-state index contributed by atoms with van der Waals surface area (Å²) in [6.07, 6.45) is 0. The summed E-state index contributed by atoms with van der Waals surface area (Å²) in [6, 6.07) is 10.8. The molecule has 0 aliphatic heterocycles. The predicted octanol–water partition coefficient (Wildman–Crippen LogP) is 3.71. The van der Waals surface area contributed by atoms with Crippen LogP contribution in [-0.4, -0.2) is 33.0 Å². The zero-order valence-corrected chi connectivity index (χ0v) is 17.6. The van der Waals surface area contributed by atoms with Crippen molar-refractivity contribution in [2.75, 3.05) is 14.1 Å². The zero-order valence-electron chi connectivity index (χ0n) is 15.9. The Morgan fingerprint density at radius 1 is 1.21 bits per heavy atom. The van der Waals surface area contributed by atoms with Crippen molar-refractivity contribution in [1.29, 1.82) is 0 Å². The molecular weight excluding hydrogens is 396 g/mol. The van der Waals surface area contributed by atoms with Gasteiger partial charge in [0, 0.05) is 31.5 Å². The molecule has 2 heterocycles. The van der Waals surface area contributed by atoms with E-state index in [4.69, 9.17) is 16.6 Å². The Labute approximate surface area is 171 Å². The molecule has 0 amide bonds. The summed E-state index contributed by atoms with van der Waals surface area (Å²) in [7, 11) is 3.46. The van der Waals surface area contributed by atoms with Crippen LogP contribution in [0.3, 0.4) is 0 Å². The second-order valence-electron chi connectivity index (χ2n) is 6.77. The molecule has 0 saturated heterocycles. The minimum atomic E-state index is -0.731. The number of rotatable bonds is 3. The number of nitrogens with zero attached hydrogens (tertiary/aromatic N) is 2. The second kappa shape index (κ2) is 7.81. The molecule has 1 N–H and O–H groups in total. The van der Waals surface area contributed by atoms with Crippen molar-refractivity contribution >= 4 is 39.3 Å². The molecule has 0 bridgehead atoms. The molecule has 1 aromatic carbocycles. The third-order valence-corrected chi connectivity index (χ3v) is 5.92. The molecule has 0 fully saturated rings. The summed E-state index contributed by atoms with van der Waals surface area (Å²) in [6.45, 7) is 3.88. The quantitative estimate of drug-likeness (QED) is 0.515. The van der Waals surface area contributed by atoms with Gasteiger partial charge in [-0.05, 0) is 29.8 Å². The van der Waals surface area contributed by atoms with Crippen LogP contribution in [0, 0.1) is 0 Å². The average molecular weight is 417 g/mol. The fourth-order valence-corrected chi connectivity index (χ4v) is 3.73. The monoisotopic (exact) mass is 416 g/mol. The van der Waals surface area contributed by atoms with Gasteiger partial charge in [0.05, 0.1) is 0 Å². The van der Waals surface area contributed by atoms with Gasteiger partial charge in [-0.3, -0.25) is 9.36 Å². The largest absolute Gasteiger partial charge is 0.505 e. The van der Waals surface area contributed by atoms with Crippen LogP contribution >= 0.6 is 24.0 Å². The maximum Gasteiger partial charge on any atom is 0.354 e. The van der Waals surface area contributed by atoms with E-state index >= 15 is 0 Å². The van der Waals surface area contributed by atoms with Crippen molar-refractivity contribution in [3.8, 4) is 11.4 Å². The number of aromatic nitrogens is 1. The highest BCUT2D eigenvalue weighted by molar-refractivity contribution is 8.23. The smallest absolute Gasteiger partial charge is 0.354 e. The summed E-state index contributed by atoms with van der Waals surface area (Å²) < 4.78 is 7.29. The van der Waals surface area contributed by atoms with E-state index in [1.165, 1.54) is 4.57 Å². The van der Waals surface area contributed by atoms with Gasteiger partial charge in [0.25, 0.3) is 5.56 Å². The molecule has 0 saturated carbocycles. The number of thiocarbonyl (C=S) groups is 1. The molecule has 0 radical (unpaired) electrons. The van der Waals surface area contributed by atoms with Crippen LogP contribution < -0.4 is 11.2 Å². The lowest BCUT2D eigenvalue weighted by molar-refractivity contribution is 0.446. The molecule has 146 valence electrons. The van der Waals surface area contributed by atoms with E-state index in [-0.39, 0.29) is 21.8 Å². The van der Waals surface area contributed by atoms with Gasteiger partial charge >= 0.3 is 5.63 Å². The molecule has 3 rings (SSSR count). The van der Waals surface area contributed by atoms with Gasteiger partial charge in [-0.15, -0.1) is 0 Å². The number of para-hydroxylation sites is 1. The van der Waals surface area contributed by atoms with Gasteiger partial charge in [0.15, 0.2) is 5.75 Å². The topological polar surface area (TPSA) is 75.7 Å². The predicted molar refractivity (Wildman–Crippen MR) is 116 cm³/mol. The van der Waals surface area contributed by atoms with E-state index in [1.54, 1.807) is 25.1 Å². The molecule has 8 heteroatoms. The second-order valence-corrected chi connectivity index (χ2v) is 8.41. The number of benzene rings is 1.